The van der Waals surface area contributed by atoms with Crippen molar-refractivity contribution in [2.24, 2.45) is 5.10 Å². The Bertz CT molecular complexity index is 981. The molecule has 0 bridgehead atoms. The Hall–Kier alpha value is -3.36. The van der Waals surface area contributed by atoms with E-state index in [0.29, 0.717) is 11.4 Å². The van der Waals surface area contributed by atoms with Crippen LogP contribution in [-0.4, -0.2) is 14.1 Å². The van der Waals surface area contributed by atoms with Gasteiger partial charge in [-0.1, -0.05) is 17.7 Å². The van der Waals surface area contributed by atoms with E-state index < -0.39 is 10.0 Å². The summed E-state index contributed by atoms with van der Waals surface area (Å²) in [7, 11) is -3.72. The zero-order valence-electron chi connectivity index (χ0n) is 13.6. The summed E-state index contributed by atoms with van der Waals surface area (Å²) in [6.45, 7) is 3.77. The minimum atomic E-state index is -3.72. The summed E-state index contributed by atoms with van der Waals surface area (Å²) in [5.74, 6) is 0. The van der Waals surface area contributed by atoms with E-state index in [2.05, 4.69) is 15.2 Å². The van der Waals surface area contributed by atoms with Crippen molar-refractivity contribution in [1.29, 1.82) is 10.5 Å². The molecule has 0 aliphatic carbocycles. The van der Waals surface area contributed by atoms with Crippen LogP contribution in [0.1, 0.15) is 11.1 Å². The standard InChI is InChI=1S/C17H15N5O2S/c1-12-3-8-17(13(2)9-12)22-25(23,24)16-6-4-14(5-7-16)20-21-15(10-18)11-19/h3-9,20,22H,1-2H3. The van der Waals surface area contributed by atoms with Crippen LogP contribution in [0, 0.1) is 36.5 Å². The van der Waals surface area contributed by atoms with Crippen LogP contribution >= 0.6 is 0 Å². The molecule has 0 aromatic heterocycles. The monoisotopic (exact) mass is 353 g/mol. The van der Waals surface area contributed by atoms with E-state index in [4.69, 9.17) is 10.5 Å². The molecule has 8 heteroatoms. The maximum absolute atomic E-state index is 12.5. The summed E-state index contributed by atoms with van der Waals surface area (Å²) >= 11 is 0. The van der Waals surface area contributed by atoms with E-state index in [9.17, 15) is 8.42 Å². The van der Waals surface area contributed by atoms with Crippen molar-refractivity contribution in [2.45, 2.75) is 18.7 Å². The van der Waals surface area contributed by atoms with E-state index in [-0.39, 0.29) is 10.6 Å². The van der Waals surface area contributed by atoms with Crippen LogP contribution in [-0.2, 0) is 10.0 Å². The lowest BCUT2D eigenvalue weighted by atomic mass is 10.1. The second kappa shape index (κ2) is 7.47. The molecule has 2 rings (SSSR count). The predicted molar refractivity (Wildman–Crippen MR) is 95.5 cm³/mol. The maximum atomic E-state index is 12.5. The minimum Gasteiger partial charge on any atom is -0.279 e. The van der Waals surface area contributed by atoms with E-state index in [1.807, 2.05) is 26.0 Å². The third kappa shape index (κ3) is 4.56. The van der Waals surface area contributed by atoms with Gasteiger partial charge in [-0.2, -0.15) is 15.6 Å². The molecule has 0 aliphatic rings. The van der Waals surface area contributed by atoms with Crippen LogP contribution < -0.4 is 10.1 Å². The number of anilines is 2. The van der Waals surface area contributed by atoms with Crippen LogP contribution in [0.2, 0.25) is 0 Å². The molecule has 0 aliphatic heterocycles. The van der Waals surface area contributed by atoms with Gasteiger partial charge in [0.25, 0.3) is 10.0 Å². The van der Waals surface area contributed by atoms with Crippen LogP contribution in [0.25, 0.3) is 0 Å². The fourth-order valence-electron chi connectivity index (χ4n) is 2.04. The van der Waals surface area contributed by atoms with Gasteiger partial charge in [-0.15, -0.1) is 0 Å². The highest BCUT2D eigenvalue weighted by atomic mass is 32.2. The third-order valence-corrected chi connectivity index (χ3v) is 4.68. The van der Waals surface area contributed by atoms with Gasteiger partial charge in [-0.05, 0) is 49.7 Å². The zero-order chi connectivity index (χ0) is 18.4. The molecule has 0 radical (unpaired) electrons. The molecular weight excluding hydrogens is 338 g/mol. The summed E-state index contributed by atoms with van der Waals surface area (Å²) in [6, 6.07) is 14.5. The summed E-state index contributed by atoms with van der Waals surface area (Å²) in [5, 5.41) is 20.8. The normalized spacial score (nSPS) is 10.2. The largest absolute Gasteiger partial charge is 0.279 e. The number of nitriles is 2. The van der Waals surface area contributed by atoms with Crippen molar-refractivity contribution in [2.75, 3.05) is 10.1 Å². The average Bonchev–Trinajstić information content (AvgIpc) is 2.59. The first-order valence-electron chi connectivity index (χ1n) is 7.20. The highest BCUT2D eigenvalue weighted by molar-refractivity contribution is 7.92. The van der Waals surface area contributed by atoms with Crippen LogP contribution in [0.5, 0.6) is 0 Å². The Balaban J connectivity index is 2.19. The Labute approximate surface area is 146 Å². The Kier molecular flexibility index (Phi) is 5.38. The zero-order valence-corrected chi connectivity index (χ0v) is 14.4. The molecule has 0 atom stereocenters. The predicted octanol–water partition coefficient (Wildman–Crippen LogP) is 2.92. The Morgan fingerprint density at radius 3 is 2.24 bits per heavy atom. The number of sulfonamides is 1. The first kappa shape index (κ1) is 18.0. The molecule has 0 saturated heterocycles. The number of aryl methyl sites for hydroxylation is 2. The van der Waals surface area contributed by atoms with Crippen LogP contribution in [0.4, 0.5) is 11.4 Å². The molecule has 25 heavy (non-hydrogen) atoms. The van der Waals surface area contributed by atoms with E-state index in [0.717, 1.165) is 11.1 Å². The second-order valence-electron chi connectivity index (χ2n) is 5.24. The van der Waals surface area contributed by atoms with E-state index in [1.165, 1.54) is 24.3 Å². The first-order chi connectivity index (χ1) is 11.9. The molecule has 7 nitrogen and oxygen atoms in total. The first-order valence-corrected chi connectivity index (χ1v) is 8.68. The number of benzene rings is 2. The molecule has 0 heterocycles. The van der Waals surface area contributed by atoms with E-state index >= 15 is 0 Å². The number of rotatable bonds is 5. The molecule has 2 aromatic carbocycles. The van der Waals surface area contributed by atoms with Crippen LogP contribution in [0.15, 0.2) is 52.5 Å². The number of nitrogens with one attached hydrogen (secondary N) is 2. The fourth-order valence-corrected chi connectivity index (χ4v) is 3.17. The van der Waals surface area contributed by atoms with E-state index in [1.54, 1.807) is 18.2 Å². The molecule has 0 saturated carbocycles. The lowest BCUT2D eigenvalue weighted by Crippen LogP contribution is -2.13. The minimum absolute atomic E-state index is 0.0859. The van der Waals surface area contributed by atoms with Crippen molar-refractivity contribution >= 4 is 27.1 Å². The van der Waals surface area contributed by atoms with Gasteiger partial charge >= 0.3 is 0 Å². The topological polar surface area (TPSA) is 118 Å². The molecule has 2 N–H and O–H groups in total. The summed E-state index contributed by atoms with van der Waals surface area (Å²) in [6.07, 6.45) is 0. The highest BCUT2D eigenvalue weighted by Gasteiger charge is 2.15. The maximum Gasteiger partial charge on any atom is 0.261 e. The second-order valence-corrected chi connectivity index (χ2v) is 6.93. The molecule has 2 aromatic rings. The van der Waals surface area contributed by atoms with Crippen molar-refractivity contribution in [3.05, 3.63) is 53.6 Å². The SMILES string of the molecule is Cc1ccc(NS(=O)(=O)c2ccc(NN=C(C#N)C#N)cc2)c(C)c1. The molecule has 0 unspecified atom stereocenters. The summed E-state index contributed by atoms with van der Waals surface area (Å²) < 4.78 is 27.5. The lowest BCUT2D eigenvalue weighted by Gasteiger charge is -2.11. The molecule has 0 fully saturated rings. The average molecular weight is 353 g/mol. The third-order valence-electron chi connectivity index (χ3n) is 3.30. The van der Waals surface area contributed by atoms with Gasteiger partial charge in [0.15, 0.2) is 0 Å². The molecule has 0 amide bonds. The summed E-state index contributed by atoms with van der Waals surface area (Å²) in [5.41, 5.74) is 5.04. The van der Waals surface area contributed by atoms with Gasteiger partial charge in [0, 0.05) is 0 Å². The Morgan fingerprint density at radius 2 is 1.68 bits per heavy atom. The Morgan fingerprint density at radius 1 is 1.04 bits per heavy atom. The van der Waals surface area contributed by atoms with Gasteiger partial charge in [0.2, 0.25) is 5.71 Å². The molecule has 126 valence electrons. The number of nitrogens with zero attached hydrogens (tertiary/aromatic N) is 3. The van der Waals surface area contributed by atoms with Gasteiger partial charge < -0.3 is 0 Å². The highest BCUT2D eigenvalue weighted by Crippen LogP contribution is 2.21. The van der Waals surface area contributed by atoms with Gasteiger partial charge in [-0.3, -0.25) is 10.1 Å². The van der Waals surface area contributed by atoms with Crippen molar-refractivity contribution in [1.82, 2.24) is 0 Å². The number of hydrogen-bond donors (Lipinski definition) is 2. The summed E-state index contributed by atoms with van der Waals surface area (Å²) in [4.78, 5) is 0.0859. The molecule has 0 spiro atoms. The smallest absolute Gasteiger partial charge is 0.261 e. The quantitative estimate of drug-likeness (QED) is 0.633. The van der Waals surface area contributed by atoms with Crippen molar-refractivity contribution in [3.8, 4) is 12.1 Å². The number of hydrazone groups is 1. The van der Waals surface area contributed by atoms with Gasteiger partial charge in [-0.25, -0.2) is 8.42 Å². The van der Waals surface area contributed by atoms with Crippen molar-refractivity contribution in [3.63, 3.8) is 0 Å². The van der Waals surface area contributed by atoms with Crippen LogP contribution in [0.3, 0.4) is 0 Å². The van der Waals surface area contributed by atoms with Gasteiger partial charge in [0.1, 0.15) is 12.1 Å². The van der Waals surface area contributed by atoms with Crippen molar-refractivity contribution < 1.29 is 8.42 Å². The number of hydrogen-bond acceptors (Lipinski definition) is 6. The lowest BCUT2D eigenvalue weighted by molar-refractivity contribution is 0.601. The van der Waals surface area contributed by atoms with Gasteiger partial charge in [0.05, 0.1) is 16.3 Å². The molecular formula is C17H15N5O2S. The fraction of sp³-hybridized carbons (Fsp3) is 0.118.